The smallest absolute Gasteiger partial charge is 0.326 e. The lowest BCUT2D eigenvalue weighted by Gasteiger charge is -2.37. The molecule has 7 heteroatoms. The van der Waals surface area contributed by atoms with E-state index in [0.717, 1.165) is 5.52 Å². The average molecular weight is 321 g/mol. The number of rotatable bonds is 1. The summed E-state index contributed by atoms with van der Waals surface area (Å²) in [5.41, 5.74) is 1.76. The number of nitrogens with one attached hydrogen (secondary N) is 1. The number of hydrogen-bond acceptors (Lipinski definition) is 3. The van der Waals surface area contributed by atoms with Gasteiger partial charge in [-0.25, -0.2) is 4.79 Å². The van der Waals surface area contributed by atoms with Gasteiger partial charge in [-0.1, -0.05) is 0 Å². The topological polar surface area (TPSA) is 75.2 Å². The highest BCUT2D eigenvalue weighted by Crippen LogP contribution is 2.22. The Morgan fingerprint density at radius 3 is 2.77 bits per heavy atom. The Hall–Kier alpha value is -1.89. The Bertz CT molecular complexity index is 834. The van der Waals surface area contributed by atoms with Gasteiger partial charge < -0.3 is 9.88 Å². The van der Waals surface area contributed by atoms with Crippen LogP contribution in [-0.4, -0.2) is 48.2 Å². The van der Waals surface area contributed by atoms with E-state index in [9.17, 15) is 13.8 Å². The van der Waals surface area contributed by atoms with E-state index in [2.05, 4.69) is 4.98 Å². The zero-order valence-corrected chi connectivity index (χ0v) is 13.7. The summed E-state index contributed by atoms with van der Waals surface area (Å²) in [5, 5.41) is 0. The SMILES string of the molecule is Cn1c(=O)[nH]c2cc(C(=O)N3CC[S@@](=O)C(C)(C)C3)ccc21. The molecule has 22 heavy (non-hydrogen) atoms. The molecule has 1 aromatic carbocycles. The summed E-state index contributed by atoms with van der Waals surface area (Å²) in [5.74, 6) is 0.416. The third-order valence-corrected chi connectivity index (χ3v) is 6.09. The predicted octanol–water partition coefficient (Wildman–Crippen LogP) is 0.850. The molecule has 1 aliphatic rings. The molecule has 2 heterocycles. The molecule has 1 fully saturated rings. The van der Waals surface area contributed by atoms with Gasteiger partial charge in [0.1, 0.15) is 0 Å². The number of carbonyl (C=O) groups excluding carboxylic acids is 1. The highest BCUT2D eigenvalue weighted by molar-refractivity contribution is 7.86. The Morgan fingerprint density at radius 1 is 1.36 bits per heavy atom. The fourth-order valence-corrected chi connectivity index (χ4v) is 4.04. The highest BCUT2D eigenvalue weighted by atomic mass is 32.2. The monoisotopic (exact) mass is 321 g/mol. The van der Waals surface area contributed by atoms with Gasteiger partial charge in [-0.15, -0.1) is 0 Å². The van der Waals surface area contributed by atoms with Crippen LogP contribution >= 0.6 is 0 Å². The first-order valence-corrected chi connectivity index (χ1v) is 8.48. The van der Waals surface area contributed by atoms with E-state index in [-0.39, 0.29) is 16.3 Å². The normalized spacial score (nSPS) is 21.2. The second-order valence-electron chi connectivity index (χ2n) is 6.26. The fraction of sp³-hybridized carbons (Fsp3) is 0.467. The van der Waals surface area contributed by atoms with Crippen molar-refractivity contribution in [1.29, 1.82) is 0 Å². The van der Waals surface area contributed by atoms with Crippen LogP contribution in [0.4, 0.5) is 0 Å². The van der Waals surface area contributed by atoms with Gasteiger partial charge in [0.05, 0.1) is 15.8 Å². The second kappa shape index (κ2) is 5.08. The van der Waals surface area contributed by atoms with Gasteiger partial charge in [0, 0.05) is 42.3 Å². The lowest BCUT2D eigenvalue weighted by molar-refractivity contribution is 0.0746. The first-order valence-electron chi connectivity index (χ1n) is 7.16. The number of benzene rings is 1. The quantitative estimate of drug-likeness (QED) is 0.846. The average Bonchev–Trinajstić information content (AvgIpc) is 2.75. The van der Waals surface area contributed by atoms with E-state index in [0.29, 0.717) is 29.9 Å². The molecule has 1 saturated heterocycles. The second-order valence-corrected chi connectivity index (χ2v) is 8.46. The van der Waals surface area contributed by atoms with Crippen LogP contribution in [0, 0.1) is 0 Å². The van der Waals surface area contributed by atoms with Gasteiger partial charge in [0.2, 0.25) is 0 Å². The van der Waals surface area contributed by atoms with E-state index < -0.39 is 10.8 Å². The predicted molar refractivity (Wildman–Crippen MR) is 86.5 cm³/mol. The van der Waals surface area contributed by atoms with E-state index in [4.69, 9.17) is 0 Å². The third-order valence-electron chi connectivity index (χ3n) is 4.17. The summed E-state index contributed by atoms with van der Waals surface area (Å²) in [6.45, 7) is 4.81. The third kappa shape index (κ3) is 2.39. The van der Waals surface area contributed by atoms with E-state index >= 15 is 0 Å². The standard InChI is InChI=1S/C15H19N3O3S/c1-15(2)9-18(6-7-22(15)21)13(19)10-4-5-12-11(8-10)16-14(20)17(12)3/h4-5,8H,6-7,9H2,1-3H3,(H,16,20)/t22-/m1/s1. The molecule has 0 radical (unpaired) electrons. The minimum atomic E-state index is -0.911. The van der Waals surface area contributed by atoms with Crippen LogP contribution in [0.3, 0.4) is 0 Å². The molecule has 0 aliphatic carbocycles. The molecule has 1 atom stereocenters. The maximum absolute atomic E-state index is 12.7. The molecular weight excluding hydrogens is 302 g/mol. The number of H-pyrrole nitrogens is 1. The lowest BCUT2D eigenvalue weighted by atomic mass is 10.1. The van der Waals surface area contributed by atoms with Crippen LogP contribution in [0.5, 0.6) is 0 Å². The van der Waals surface area contributed by atoms with Crippen molar-refractivity contribution in [2.45, 2.75) is 18.6 Å². The summed E-state index contributed by atoms with van der Waals surface area (Å²) in [7, 11) is 0.775. The van der Waals surface area contributed by atoms with Crippen molar-refractivity contribution in [3.63, 3.8) is 0 Å². The van der Waals surface area contributed by atoms with E-state index in [1.807, 2.05) is 13.8 Å². The molecule has 0 unspecified atom stereocenters. The number of fused-ring (bicyclic) bond motifs is 1. The summed E-state index contributed by atoms with van der Waals surface area (Å²) in [4.78, 5) is 28.8. The van der Waals surface area contributed by atoms with Crippen molar-refractivity contribution in [3.8, 4) is 0 Å². The minimum Gasteiger partial charge on any atom is -0.336 e. The Morgan fingerprint density at radius 2 is 2.09 bits per heavy atom. The maximum atomic E-state index is 12.7. The molecule has 1 aliphatic heterocycles. The van der Waals surface area contributed by atoms with Gasteiger partial charge >= 0.3 is 5.69 Å². The molecular formula is C15H19N3O3S. The maximum Gasteiger partial charge on any atom is 0.326 e. The molecule has 6 nitrogen and oxygen atoms in total. The largest absolute Gasteiger partial charge is 0.336 e. The molecule has 0 spiro atoms. The summed E-state index contributed by atoms with van der Waals surface area (Å²) < 4.78 is 13.1. The van der Waals surface area contributed by atoms with Crippen LogP contribution in [0.2, 0.25) is 0 Å². The number of aromatic amines is 1. The fourth-order valence-electron chi connectivity index (χ4n) is 2.81. The van der Waals surface area contributed by atoms with Crippen LogP contribution in [0.25, 0.3) is 11.0 Å². The molecule has 0 saturated carbocycles. The molecule has 1 aromatic heterocycles. The van der Waals surface area contributed by atoms with Crippen molar-refractivity contribution >= 4 is 27.7 Å². The van der Waals surface area contributed by atoms with Gasteiger partial charge in [-0.05, 0) is 32.0 Å². The molecule has 2 aromatic rings. The first kappa shape index (κ1) is 15.0. The number of imidazole rings is 1. The minimum absolute atomic E-state index is 0.0867. The zero-order chi connectivity index (χ0) is 16.1. The number of nitrogens with zero attached hydrogens (tertiary/aromatic N) is 2. The Balaban J connectivity index is 1.92. The van der Waals surface area contributed by atoms with Crippen molar-refractivity contribution in [1.82, 2.24) is 14.5 Å². The van der Waals surface area contributed by atoms with Crippen LogP contribution < -0.4 is 5.69 Å². The van der Waals surface area contributed by atoms with Gasteiger partial charge in [-0.2, -0.15) is 0 Å². The molecule has 1 N–H and O–H groups in total. The van der Waals surface area contributed by atoms with Crippen molar-refractivity contribution in [2.24, 2.45) is 7.05 Å². The van der Waals surface area contributed by atoms with Gasteiger partial charge in [-0.3, -0.25) is 13.6 Å². The molecule has 0 bridgehead atoms. The Labute approximate surface area is 130 Å². The molecule has 1 amide bonds. The van der Waals surface area contributed by atoms with Gasteiger partial charge in [0.25, 0.3) is 5.91 Å². The summed E-state index contributed by atoms with van der Waals surface area (Å²) in [6.07, 6.45) is 0. The van der Waals surface area contributed by atoms with Crippen molar-refractivity contribution in [3.05, 3.63) is 34.2 Å². The number of aromatic nitrogens is 2. The van der Waals surface area contributed by atoms with E-state index in [1.165, 1.54) is 4.57 Å². The van der Waals surface area contributed by atoms with Crippen molar-refractivity contribution < 1.29 is 9.00 Å². The van der Waals surface area contributed by atoms with E-state index in [1.54, 1.807) is 30.1 Å². The number of carbonyl (C=O) groups is 1. The molecule has 3 rings (SSSR count). The number of hydrogen-bond donors (Lipinski definition) is 1. The van der Waals surface area contributed by atoms with Crippen LogP contribution in [0.1, 0.15) is 24.2 Å². The molecule has 118 valence electrons. The Kier molecular flexibility index (Phi) is 3.47. The number of aryl methyl sites for hydroxylation is 1. The van der Waals surface area contributed by atoms with Crippen molar-refractivity contribution in [2.75, 3.05) is 18.8 Å². The summed E-state index contributed by atoms with van der Waals surface area (Å²) >= 11 is 0. The zero-order valence-electron chi connectivity index (χ0n) is 12.9. The first-order chi connectivity index (χ1) is 10.3. The lowest BCUT2D eigenvalue weighted by Crippen LogP contribution is -2.52. The number of amides is 1. The van der Waals surface area contributed by atoms with Crippen LogP contribution in [0.15, 0.2) is 23.0 Å². The highest BCUT2D eigenvalue weighted by Gasteiger charge is 2.35. The summed E-state index contributed by atoms with van der Waals surface area (Å²) in [6, 6.07) is 5.21. The van der Waals surface area contributed by atoms with Crippen LogP contribution in [-0.2, 0) is 17.8 Å². The van der Waals surface area contributed by atoms with Gasteiger partial charge in [0.15, 0.2) is 0 Å².